The number of hydrogen-bond acceptors (Lipinski definition) is 4. The van der Waals surface area contributed by atoms with Crippen LogP contribution in [0.25, 0.3) is 11.0 Å². The van der Waals surface area contributed by atoms with Gasteiger partial charge in [-0.2, -0.15) is 0 Å². The Bertz CT molecular complexity index is 494. The molecule has 0 aliphatic rings. The average Bonchev–Trinajstić information content (AvgIpc) is 2.75. The maximum Gasteiger partial charge on any atom is 0.322 e. The number of primary amides is 1. The van der Waals surface area contributed by atoms with Gasteiger partial charge in [0.05, 0.1) is 11.0 Å². The molecule has 2 aromatic rings. The molecule has 0 saturated carbocycles. The first kappa shape index (κ1) is 12.6. The van der Waals surface area contributed by atoms with Gasteiger partial charge in [-0.15, -0.1) is 0 Å². The number of carbonyl (C=O) groups is 1. The van der Waals surface area contributed by atoms with E-state index in [0.717, 1.165) is 35.7 Å². The first-order chi connectivity index (χ1) is 8.75. The second-order valence-corrected chi connectivity index (χ2v) is 4.60. The van der Waals surface area contributed by atoms with E-state index in [1.54, 1.807) is 0 Å². The van der Waals surface area contributed by atoms with E-state index < -0.39 is 6.03 Å². The highest BCUT2D eigenvalue weighted by Crippen LogP contribution is 2.13. The molecule has 2 amide bonds. The number of anilines is 1. The van der Waals surface area contributed by atoms with Crippen molar-refractivity contribution in [2.24, 2.45) is 5.73 Å². The molecule has 0 fully saturated rings. The summed E-state index contributed by atoms with van der Waals surface area (Å²) in [4.78, 5) is 18.0. The lowest BCUT2D eigenvalue weighted by molar-refractivity contribution is 0.254. The molecule has 0 atom stereocenters. The minimum Gasteiger partial charge on any atom is -0.356 e. The van der Waals surface area contributed by atoms with E-state index in [-0.39, 0.29) is 0 Å². The van der Waals surface area contributed by atoms with Crippen molar-refractivity contribution in [1.29, 1.82) is 0 Å². The summed E-state index contributed by atoms with van der Waals surface area (Å²) in [5.74, 6) is 1.57. The number of rotatable bonds is 6. The molecular weight excluding hydrogens is 250 g/mol. The fourth-order valence-corrected chi connectivity index (χ4v) is 2.04. The lowest BCUT2D eigenvalue weighted by Gasteiger charge is -2.02. The number of H-pyrrole nitrogens is 1. The van der Waals surface area contributed by atoms with Gasteiger partial charge in [0.1, 0.15) is 0 Å². The normalized spacial score (nSPS) is 10.4. The van der Waals surface area contributed by atoms with E-state index in [0.29, 0.717) is 0 Å². The third-order valence-electron chi connectivity index (χ3n) is 2.28. The van der Waals surface area contributed by atoms with Crippen LogP contribution >= 0.6 is 11.9 Å². The Labute approximate surface area is 109 Å². The summed E-state index contributed by atoms with van der Waals surface area (Å²) in [6.45, 7) is 0.785. The number of amides is 2. The average molecular weight is 265 g/mol. The minimum atomic E-state index is -0.509. The van der Waals surface area contributed by atoms with Crippen molar-refractivity contribution in [1.82, 2.24) is 14.7 Å². The number of aromatic nitrogens is 2. The third kappa shape index (κ3) is 3.56. The smallest absolute Gasteiger partial charge is 0.322 e. The molecular formula is C11H15N5OS. The van der Waals surface area contributed by atoms with Gasteiger partial charge in [-0.1, -0.05) is 12.1 Å². The lowest BCUT2D eigenvalue weighted by Crippen LogP contribution is -2.23. The largest absolute Gasteiger partial charge is 0.356 e. The number of carbonyl (C=O) groups excluding carboxylic acids is 1. The topological polar surface area (TPSA) is 95.8 Å². The van der Waals surface area contributed by atoms with Crippen LogP contribution < -0.4 is 15.8 Å². The molecule has 1 heterocycles. The van der Waals surface area contributed by atoms with Gasteiger partial charge in [-0.3, -0.25) is 4.72 Å². The number of fused-ring (bicyclic) bond motifs is 1. The van der Waals surface area contributed by atoms with Crippen LogP contribution in [0, 0.1) is 0 Å². The summed E-state index contributed by atoms with van der Waals surface area (Å²) in [6.07, 6.45) is 0.905. The second kappa shape index (κ2) is 6.15. The van der Waals surface area contributed by atoms with Crippen LogP contribution in [0.2, 0.25) is 0 Å². The molecule has 0 unspecified atom stereocenters. The molecule has 0 radical (unpaired) electrons. The number of urea groups is 1. The maximum atomic E-state index is 10.4. The fraction of sp³-hybridized carbons (Fsp3) is 0.273. The summed E-state index contributed by atoms with van der Waals surface area (Å²) < 4.78 is 2.47. The van der Waals surface area contributed by atoms with Crippen molar-refractivity contribution < 1.29 is 4.79 Å². The van der Waals surface area contributed by atoms with Crippen molar-refractivity contribution in [2.75, 3.05) is 17.6 Å². The monoisotopic (exact) mass is 265 g/mol. The first-order valence-electron chi connectivity index (χ1n) is 5.61. The van der Waals surface area contributed by atoms with Gasteiger partial charge >= 0.3 is 6.03 Å². The van der Waals surface area contributed by atoms with E-state index in [4.69, 9.17) is 5.73 Å². The number of hydrogen-bond donors (Lipinski definition) is 4. The number of imidazole rings is 1. The minimum absolute atomic E-state index is 0.509. The predicted octanol–water partition coefficient (Wildman–Crippen LogP) is 1.68. The maximum absolute atomic E-state index is 10.4. The van der Waals surface area contributed by atoms with Crippen molar-refractivity contribution in [3.05, 3.63) is 24.3 Å². The SMILES string of the molecule is NC(=O)NSCCCNc1nc2ccccc2[nH]1. The Hall–Kier alpha value is -1.89. The van der Waals surface area contributed by atoms with Crippen LogP contribution in [-0.4, -0.2) is 28.3 Å². The Kier molecular flexibility index (Phi) is 4.30. The van der Waals surface area contributed by atoms with Crippen LogP contribution in [0.15, 0.2) is 24.3 Å². The molecule has 6 nitrogen and oxygen atoms in total. The number of nitrogens with zero attached hydrogens (tertiary/aromatic N) is 1. The summed E-state index contributed by atoms with van der Waals surface area (Å²) in [6, 6.07) is 7.37. The molecule has 18 heavy (non-hydrogen) atoms. The van der Waals surface area contributed by atoms with Gasteiger partial charge in [0.25, 0.3) is 0 Å². The van der Waals surface area contributed by atoms with E-state index in [1.165, 1.54) is 11.9 Å². The molecule has 5 N–H and O–H groups in total. The van der Waals surface area contributed by atoms with Crippen molar-refractivity contribution in [2.45, 2.75) is 6.42 Å². The number of para-hydroxylation sites is 2. The molecule has 0 saturated heterocycles. The highest BCUT2D eigenvalue weighted by Gasteiger charge is 2.00. The van der Waals surface area contributed by atoms with E-state index in [2.05, 4.69) is 20.0 Å². The van der Waals surface area contributed by atoms with Gasteiger partial charge in [0, 0.05) is 12.3 Å². The highest BCUT2D eigenvalue weighted by atomic mass is 32.2. The zero-order chi connectivity index (χ0) is 12.8. The lowest BCUT2D eigenvalue weighted by atomic mass is 10.3. The van der Waals surface area contributed by atoms with Gasteiger partial charge in [0.2, 0.25) is 5.95 Å². The van der Waals surface area contributed by atoms with Crippen LogP contribution in [-0.2, 0) is 0 Å². The van der Waals surface area contributed by atoms with Crippen LogP contribution in [0.1, 0.15) is 6.42 Å². The van der Waals surface area contributed by atoms with Gasteiger partial charge in [-0.25, -0.2) is 9.78 Å². The van der Waals surface area contributed by atoms with E-state index >= 15 is 0 Å². The molecule has 0 aliphatic heterocycles. The van der Waals surface area contributed by atoms with Gasteiger partial charge in [-0.05, 0) is 30.5 Å². The van der Waals surface area contributed by atoms with Gasteiger partial charge < -0.3 is 16.0 Å². The molecule has 7 heteroatoms. The Morgan fingerprint density at radius 1 is 1.44 bits per heavy atom. The van der Waals surface area contributed by atoms with Crippen LogP contribution in [0.5, 0.6) is 0 Å². The molecule has 1 aromatic heterocycles. The summed E-state index contributed by atoms with van der Waals surface area (Å²) in [5.41, 5.74) is 6.91. The summed E-state index contributed by atoms with van der Waals surface area (Å²) in [7, 11) is 0. The Morgan fingerprint density at radius 3 is 3.06 bits per heavy atom. The summed E-state index contributed by atoms with van der Waals surface area (Å²) >= 11 is 1.31. The predicted molar refractivity (Wildman–Crippen MR) is 74.4 cm³/mol. The molecule has 2 rings (SSSR count). The third-order valence-corrected chi connectivity index (χ3v) is 3.12. The van der Waals surface area contributed by atoms with Crippen molar-refractivity contribution in [3.8, 4) is 0 Å². The van der Waals surface area contributed by atoms with Crippen molar-refractivity contribution in [3.63, 3.8) is 0 Å². The molecule has 0 spiro atoms. The number of benzene rings is 1. The van der Waals surface area contributed by atoms with Crippen molar-refractivity contribution >= 4 is 35.0 Å². The number of aromatic amines is 1. The Balaban J connectivity index is 1.72. The standard InChI is InChI=1S/C11H15N5OS/c12-10(17)16-18-7-3-6-13-11-14-8-4-1-2-5-9(8)15-11/h1-2,4-5H,3,6-7H2,(H3,12,16,17)(H2,13,14,15). The molecule has 0 bridgehead atoms. The number of nitrogens with one attached hydrogen (secondary N) is 3. The Morgan fingerprint density at radius 2 is 2.28 bits per heavy atom. The van der Waals surface area contributed by atoms with Gasteiger partial charge in [0.15, 0.2) is 0 Å². The number of nitrogens with two attached hydrogens (primary N) is 1. The first-order valence-corrected chi connectivity index (χ1v) is 6.60. The fourth-order valence-electron chi connectivity index (χ4n) is 1.51. The molecule has 96 valence electrons. The molecule has 1 aromatic carbocycles. The molecule has 0 aliphatic carbocycles. The van der Waals surface area contributed by atoms with E-state index in [9.17, 15) is 4.79 Å². The zero-order valence-electron chi connectivity index (χ0n) is 9.77. The zero-order valence-corrected chi connectivity index (χ0v) is 10.6. The van der Waals surface area contributed by atoms with E-state index in [1.807, 2.05) is 24.3 Å². The van der Waals surface area contributed by atoms with Crippen LogP contribution in [0.4, 0.5) is 10.7 Å². The summed E-state index contributed by atoms with van der Waals surface area (Å²) in [5, 5.41) is 3.20. The second-order valence-electron chi connectivity index (χ2n) is 3.70. The quantitative estimate of drug-likeness (QED) is 0.472. The van der Waals surface area contributed by atoms with Crippen LogP contribution in [0.3, 0.4) is 0 Å². The highest BCUT2D eigenvalue weighted by molar-refractivity contribution is 7.97.